The highest BCUT2D eigenvalue weighted by molar-refractivity contribution is 5.90. The molecule has 4 fully saturated rings. The first-order chi connectivity index (χ1) is 14.6. The van der Waals surface area contributed by atoms with Gasteiger partial charge in [0.05, 0.1) is 0 Å². The molecule has 0 N–H and O–H groups in total. The molecule has 4 aliphatic carbocycles. The number of fused-ring (bicyclic) bond motifs is 5. The Bertz CT molecular complexity index is 695. The van der Waals surface area contributed by atoms with Crippen LogP contribution >= 0.6 is 0 Å². The predicted octanol–water partition coefficient (Wildman–Crippen LogP) is 7.49. The van der Waals surface area contributed by atoms with Crippen molar-refractivity contribution in [2.75, 3.05) is 0 Å². The molecule has 0 spiro atoms. The average Bonchev–Trinajstić information content (AvgIpc) is 3.07. The Morgan fingerprint density at radius 3 is 2.29 bits per heavy atom. The summed E-state index contributed by atoms with van der Waals surface area (Å²) in [5.41, 5.74) is 0.513. The van der Waals surface area contributed by atoms with E-state index in [0.29, 0.717) is 41.7 Å². The minimum atomic E-state index is 0.0255. The van der Waals surface area contributed by atoms with Crippen molar-refractivity contribution in [3.8, 4) is 0 Å². The molecule has 176 valence electrons. The van der Waals surface area contributed by atoms with E-state index in [-0.39, 0.29) is 11.3 Å². The quantitative estimate of drug-likeness (QED) is 0.439. The lowest BCUT2D eigenvalue weighted by Crippen LogP contribution is -2.56. The first-order valence-electron chi connectivity index (χ1n) is 13.7. The maximum absolute atomic E-state index is 13.3. The van der Waals surface area contributed by atoms with Gasteiger partial charge in [0.25, 0.3) is 0 Å². The van der Waals surface area contributed by atoms with Crippen LogP contribution < -0.4 is 0 Å². The normalized spacial score (nSPS) is 44.5. The molecule has 0 aromatic rings. The zero-order valence-corrected chi connectivity index (χ0v) is 21.2. The van der Waals surface area contributed by atoms with Gasteiger partial charge in [-0.15, -0.1) is 0 Å². The SMILES string of the molecule is CCC(CCC(C)[C@H]1CC[C@H]2[C@@H]3CC(=O)[C@H]4CC(=O)CC[C@]4(C)[C@H]3CC[C@]12C)C(C)C. The zero-order valence-electron chi connectivity index (χ0n) is 21.2. The van der Waals surface area contributed by atoms with Crippen LogP contribution in [-0.2, 0) is 9.59 Å². The third-order valence-corrected chi connectivity index (χ3v) is 11.5. The summed E-state index contributed by atoms with van der Waals surface area (Å²) in [6.45, 7) is 14.7. The molecule has 0 radical (unpaired) electrons. The van der Waals surface area contributed by atoms with Gasteiger partial charge >= 0.3 is 0 Å². The Kier molecular flexibility index (Phi) is 6.52. The molecular weight excluding hydrogens is 380 g/mol. The highest BCUT2D eigenvalue weighted by atomic mass is 16.1. The van der Waals surface area contributed by atoms with Gasteiger partial charge in [0.2, 0.25) is 0 Å². The summed E-state index contributed by atoms with van der Waals surface area (Å²) in [5.74, 6) is 6.05. The van der Waals surface area contributed by atoms with Gasteiger partial charge in [-0.2, -0.15) is 0 Å². The molecule has 9 atom stereocenters. The van der Waals surface area contributed by atoms with Crippen molar-refractivity contribution in [2.24, 2.45) is 58.2 Å². The number of hydrogen-bond donors (Lipinski definition) is 0. The summed E-state index contributed by atoms with van der Waals surface area (Å²) in [6.07, 6.45) is 12.4. The molecule has 2 heteroatoms. The number of Topliss-reactive ketones (excluding diaryl/α,β-unsaturated/α-hetero) is 2. The standard InChI is InChI=1S/C29H48O2/c1-7-20(18(2)3)9-8-19(4)23-10-11-24-22-17-27(31)26-16-21(30)12-14-29(26,6)25(22)13-15-28(23,24)5/h18-20,22-26H,7-17H2,1-6H3/t19?,20?,22-,23+,24-,25-,26+,28+,29+/m0/s1. The topological polar surface area (TPSA) is 34.1 Å². The van der Waals surface area contributed by atoms with Gasteiger partial charge in [-0.1, -0.05) is 54.4 Å². The smallest absolute Gasteiger partial charge is 0.137 e. The first-order valence-corrected chi connectivity index (χ1v) is 13.7. The van der Waals surface area contributed by atoms with E-state index in [1.807, 2.05) is 0 Å². The summed E-state index contributed by atoms with van der Waals surface area (Å²) in [6, 6.07) is 0. The molecule has 2 unspecified atom stereocenters. The summed E-state index contributed by atoms with van der Waals surface area (Å²) in [5, 5.41) is 0. The van der Waals surface area contributed by atoms with E-state index < -0.39 is 0 Å². The monoisotopic (exact) mass is 428 g/mol. The van der Waals surface area contributed by atoms with Crippen LogP contribution in [-0.4, -0.2) is 11.6 Å². The molecule has 31 heavy (non-hydrogen) atoms. The number of ketones is 2. The van der Waals surface area contributed by atoms with Gasteiger partial charge in [-0.25, -0.2) is 0 Å². The van der Waals surface area contributed by atoms with Crippen molar-refractivity contribution in [3.63, 3.8) is 0 Å². The van der Waals surface area contributed by atoms with Crippen molar-refractivity contribution in [3.05, 3.63) is 0 Å². The van der Waals surface area contributed by atoms with Crippen molar-refractivity contribution in [2.45, 2.75) is 112 Å². The van der Waals surface area contributed by atoms with Gasteiger partial charge in [-0.05, 0) is 90.8 Å². The predicted molar refractivity (Wildman–Crippen MR) is 128 cm³/mol. The second-order valence-corrected chi connectivity index (χ2v) is 13.0. The van der Waals surface area contributed by atoms with E-state index in [1.165, 1.54) is 44.9 Å². The summed E-state index contributed by atoms with van der Waals surface area (Å²) >= 11 is 0. The average molecular weight is 429 g/mol. The largest absolute Gasteiger partial charge is 0.300 e. The van der Waals surface area contributed by atoms with E-state index >= 15 is 0 Å². The fourth-order valence-electron chi connectivity index (χ4n) is 9.50. The van der Waals surface area contributed by atoms with E-state index in [1.54, 1.807) is 0 Å². The lowest BCUT2D eigenvalue weighted by Gasteiger charge is -2.59. The second kappa shape index (κ2) is 8.60. The van der Waals surface area contributed by atoms with Gasteiger partial charge < -0.3 is 0 Å². The third kappa shape index (κ3) is 3.86. The number of carbonyl (C=O) groups excluding carboxylic acids is 2. The van der Waals surface area contributed by atoms with E-state index in [0.717, 1.165) is 42.4 Å². The molecule has 0 aromatic heterocycles. The van der Waals surface area contributed by atoms with E-state index in [2.05, 4.69) is 41.5 Å². The Hall–Kier alpha value is -0.660. The zero-order chi connectivity index (χ0) is 22.6. The Morgan fingerprint density at radius 1 is 0.903 bits per heavy atom. The fraction of sp³-hybridized carbons (Fsp3) is 0.931. The minimum absolute atomic E-state index is 0.0255. The lowest BCUT2D eigenvalue weighted by molar-refractivity contribution is -0.159. The van der Waals surface area contributed by atoms with Crippen molar-refractivity contribution < 1.29 is 9.59 Å². The van der Waals surface area contributed by atoms with Gasteiger partial charge in [-0.3, -0.25) is 9.59 Å². The number of hydrogen-bond acceptors (Lipinski definition) is 2. The Morgan fingerprint density at radius 2 is 1.61 bits per heavy atom. The first kappa shape index (κ1) is 23.5. The maximum atomic E-state index is 13.3. The van der Waals surface area contributed by atoms with Gasteiger partial charge in [0, 0.05) is 25.2 Å². The molecule has 0 bridgehead atoms. The van der Waals surface area contributed by atoms with Crippen LogP contribution in [0.2, 0.25) is 0 Å². The van der Waals surface area contributed by atoms with Crippen LogP contribution in [0.3, 0.4) is 0 Å². The molecule has 0 aliphatic heterocycles. The summed E-state index contributed by atoms with van der Waals surface area (Å²) in [4.78, 5) is 25.4. The van der Waals surface area contributed by atoms with Gasteiger partial charge in [0.1, 0.15) is 11.6 Å². The molecule has 0 aromatic carbocycles. The number of carbonyl (C=O) groups is 2. The summed E-state index contributed by atoms with van der Waals surface area (Å²) in [7, 11) is 0. The molecule has 4 aliphatic rings. The van der Waals surface area contributed by atoms with Crippen LogP contribution in [0.25, 0.3) is 0 Å². The van der Waals surface area contributed by atoms with Crippen molar-refractivity contribution >= 4 is 11.6 Å². The molecule has 0 heterocycles. The molecule has 2 nitrogen and oxygen atoms in total. The van der Waals surface area contributed by atoms with E-state index in [9.17, 15) is 9.59 Å². The molecule has 4 saturated carbocycles. The van der Waals surface area contributed by atoms with Crippen LogP contribution in [0.15, 0.2) is 0 Å². The van der Waals surface area contributed by atoms with Crippen LogP contribution in [0.5, 0.6) is 0 Å². The maximum Gasteiger partial charge on any atom is 0.137 e. The van der Waals surface area contributed by atoms with Gasteiger partial charge in [0.15, 0.2) is 0 Å². The third-order valence-electron chi connectivity index (χ3n) is 11.5. The molecule has 0 saturated heterocycles. The molecule has 0 amide bonds. The summed E-state index contributed by atoms with van der Waals surface area (Å²) < 4.78 is 0. The Labute approximate surface area is 191 Å². The van der Waals surface area contributed by atoms with Crippen LogP contribution in [0.4, 0.5) is 0 Å². The lowest BCUT2D eigenvalue weighted by atomic mass is 9.44. The van der Waals surface area contributed by atoms with Crippen LogP contribution in [0.1, 0.15) is 112 Å². The Balaban J connectivity index is 1.49. The van der Waals surface area contributed by atoms with Crippen LogP contribution in [0, 0.1) is 58.2 Å². The van der Waals surface area contributed by atoms with Crippen molar-refractivity contribution in [1.29, 1.82) is 0 Å². The fourth-order valence-corrected chi connectivity index (χ4v) is 9.50. The van der Waals surface area contributed by atoms with Crippen molar-refractivity contribution in [1.82, 2.24) is 0 Å². The molecule has 4 rings (SSSR count). The highest BCUT2D eigenvalue weighted by Gasteiger charge is 2.62. The second-order valence-electron chi connectivity index (χ2n) is 13.0. The number of rotatable bonds is 6. The molecular formula is C29H48O2. The van der Waals surface area contributed by atoms with E-state index in [4.69, 9.17) is 0 Å². The highest BCUT2D eigenvalue weighted by Crippen LogP contribution is 2.67. The minimum Gasteiger partial charge on any atom is -0.300 e.